The molecule has 10 rings (SSSR count). The number of anilines is 3. The Morgan fingerprint density at radius 1 is 0.418 bits per heavy atom. The Balaban J connectivity index is 1.06. The number of hydrogen-bond acceptors (Lipinski definition) is 4. The molecule has 0 aliphatic carbocycles. The molecule has 0 saturated carbocycles. The normalized spacial score (nSPS) is 11.4. The van der Waals surface area contributed by atoms with Gasteiger partial charge in [-0.15, -0.1) is 0 Å². The van der Waals surface area contributed by atoms with Crippen molar-refractivity contribution >= 4 is 60.3 Å². The monoisotopic (exact) mass is 708 g/mol. The first-order chi connectivity index (χ1) is 27.1. The van der Waals surface area contributed by atoms with E-state index < -0.39 is 11.2 Å². The molecule has 0 N–H and O–H groups in total. The van der Waals surface area contributed by atoms with Gasteiger partial charge in [0.1, 0.15) is 11.0 Å². The van der Waals surface area contributed by atoms with Crippen LogP contribution in [0.3, 0.4) is 0 Å². The van der Waals surface area contributed by atoms with Crippen molar-refractivity contribution in [3.8, 4) is 27.9 Å². The van der Waals surface area contributed by atoms with Crippen LogP contribution in [0.2, 0.25) is 0 Å². The standard InChI is InChI=1S/C50H32N2O3/c53-49-48-46(45-15-5-6-18-47(45)55-50(48)54)31-32-51(49)37-27-29-40(30-28-37)52(38-23-19-35(20-24-38)43-16-7-11-33-9-1-3-13-41(33)43)39-25-21-36(22-26-39)44-17-8-12-34-10-2-4-14-42(34)44/h1-32H. The van der Waals surface area contributed by atoms with E-state index in [1.165, 1.54) is 37.2 Å². The molecule has 0 bridgehead atoms. The number of benzene rings is 8. The van der Waals surface area contributed by atoms with Gasteiger partial charge in [-0.2, -0.15) is 0 Å². The number of fused-ring (bicyclic) bond motifs is 5. The number of nitrogens with zero attached hydrogens (tertiary/aromatic N) is 2. The lowest BCUT2D eigenvalue weighted by Gasteiger charge is -2.26. The average Bonchev–Trinajstić information content (AvgIpc) is 3.24. The fraction of sp³-hybridized carbons (Fsp3) is 0. The van der Waals surface area contributed by atoms with Crippen molar-refractivity contribution < 1.29 is 4.42 Å². The van der Waals surface area contributed by atoms with Crippen LogP contribution in [0.4, 0.5) is 17.1 Å². The van der Waals surface area contributed by atoms with Gasteiger partial charge in [-0.3, -0.25) is 9.36 Å². The van der Waals surface area contributed by atoms with Gasteiger partial charge in [0, 0.05) is 39.7 Å². The number of aromatic nitrogens is 1. The third-order valence-corrected chi connectivity index (χ3v) is 10.5. The second-order valence-corrected chi connectivity index (χ2v) is 13.7. The van der Waals surface area contributed by atoms with E-state index in [0.29, 0.717) is 16.7 Å². The quantitative estimate of drug-likeness (QED) is 0.127. The Bertz CT molecular complexity index is 3050. The van der Waals surface area contributed by atoms with Crippen LogP contribution in [-0.4, -0.2) is 4.57 Å². The lowest BCUT2D eigenvalue weighted by Crippen LogP contribution is -2.22. The van der Waals surface area contributed by atoms with E-state index in [9.17, 15) is 9.59 Å². The first-order valence-corrected chi connectivity index (χ1v) is 18.2. The molecule has 8 aromatic carbocycles. The van der Waals surface area contributed by atoms with Gasteiger partial charge >= 0.3 is 5.63 Å². The summed E-state index contributed by atoms with van der Waals surface area (Å²) in [6, 6.07) is 64.0. The maximum Gasteiger partial charge on any atom is 0.349 e. The Morgan fingerprint density at radius 2 is 0.891 bits per heavy atom. The van der Waals surface area contributed by atoms with Crippen LogP contribution in [0.1, 0.15) is 0 Å². The summed E-state index contributed by atoms with van der Waals surface area (Å²) in [4.78, 5) is 29.1. The average molecular weight is 709 g/mol. The molecule has 55 heavy (non-hydrogen) atoms. The lowest BCUT2D eigenvalue weighted by molar-refractivity contribution is 0.568. The maximum atomic E-state index is 13.8. The molecule has 0 radical (unpaired) electrons. The molecule has 10 aromatic rings. The predicted molar refractivity (Wildman–Crippen MR) is 226 cm³/mol. The third kappa shape index (κ3) is 5.58. The van der Waals surface area contributed by atoms with E-state index in [4.69, 9.17) is 4.42 Å². The molecular weight excluding hydrogens is 677 g/mol. The molecule has 5 nitrogen and oxygen atoms in total. The molecule has 0 amide bonds. The fourth-order valence-corrected chi connectivity index (χ4v) is 7.83. The number of pyridine rings is 1. The summed E-state index contributed by atoms with van der Waals surface area (Å²) in [6.07, 6.45) is 1.72. The molecule has 0 atom stereocenters. The zero-order valence-corrected chi connectivity index (χ0v) is 29.6. The van der Waals surface area contributed by atoms with Crippen molar-refractivity contribution in [2.75, 3.05) is 4.90 Å². The molecule has 0 spiro atoms. The highest BCUT2D eigenvalue weighted by Gasteiger charge is 2.17. The van der Waals surface area contributed by atoms with Crippen molar-refractivity contribution in [2.45, 2.75) is 0 Å². The highest BCUT2D eigenvalue weighted by molar-refractivity contribution is 6.04. The maximum absolute atomic E-state index is 13.8. The molecule has 0 aliphatic rings. The summed E-state index contributed by atoms with van der Waals surface area (Å²) >= 11 is 0. The van der Waals surface area contributed by atoms with Crippen LogP contribution in [0.15, 0.2) is 208 Å². The van der Waals surface area contributed by atoms with Crippen molar-refractivity contribution in [3.63, 3.8) is 0 Å². The topological polar surface area (TPSA) is 55.5 Å². The molecule has 260 valence electrons. The number of rotatable bonds is 6. The van der Waals surface area contributed by atoms with Crippen molar-refractivity contribution in [1.29, 1.82) is 0 Å². The van der Waals surface area contributed by atoms with Crippen molar-refractivity contribution in [1.82, 2.24) is 4.57 Å². The van der Waals surface area contributed by atoms with Gasteiger partial charge in [0.25, 0.3) is 5.56 Å². The molecule has 0 aliphatic heterocycles. The molecule has 0 fully saturated rings. The van der Waals surface area contributed by atoms with Gasteiger partial charge in [0.05, 0.1) is 0 Å². The van der Waals surface area contributed by atoms with E-state index >= 15 is 0 Å². The van der Waals surface area contributed by atoms with Gasteiger partial charge < -0.3 is 9.32 Å². The van der Waals surface area contributed by atoms with Gasteiger partial charge in [-0.25, -0.2) is 4.79 Å². The van der Waals surface area contributed by atoms with E-state index in [1.807, 2.05) is 48.5 Å². The largest absolute Gasteiger partial charge is 0.422 e. The highest BCUT2D eigenvalue weighted by Crippen LogP contribution is 2.39. The van der Waals surface area contributed by atoms with Crippen molar-refractivity contribution in [3.05, 3.63) is 215 Å². The molecule has 5 heteroatoms. The number of para-hydroxylation sites is 1. The van der Waals surface area contributed by atoms with Gasteiger partial charge in [-0.05, 0) is 104 Å². The number of hydrogen-bond donors (Lipinski definition) is 0. The summed E-state index contributed by atoms with van der Waals surface area (Å²) in [5.74, 6) is 0. The van der Waals surface area contributed by atoms with E-state index in [0.717, 1.165) is 33.6 Å². The van der Waals surface area contributed by atoms with Crippen LogP contribution in [0.25, 0.3) is 71.2 Å². The van der Waals surface area contributed by atoms with Gasteiger partial charge in [-0.1, -0.05) is 127 Å². The molecule has 0 unspecified atom stereocenters. The van der Waals surface area contributed by atoms with Crippen LogP contribution >= 0.6 is 0 Å². The minimum Gasteiger partial charge on any atom is -0.422 e. The zero-order valence-electron chi connectivity index (χ0n) is 29.6. The summed E-state index contributed by atoms with van der Waals surface area (Å²) in [5, 5.41) is 6.17. The summed E-state index contributed by atoms with van der Waals surface area (Å²) < 4.78 is 7.03. The second kappa shape index (κ2) is 13.2. The Kier molecular flexibility index (Phi) is 7.70. The molecule has 2 aromatic heterocycles. The predicted octanol–water partition coefficient (Wildman–Crippen LogP) is 12.2. The van der Waals surface area contributed by atoms with E-state index in [2.05, 4.69) is 138 Å². The first-order valence-electron chi connectivity index (χ1n) is 18.2. The Hall–Kier alpha value is -7.50. The van der Waals surface area contributed by atoms with Crippen LogP contribution in [0.5, 0.6) is 0 Å². The third-order valence-electron chi connectivity index (χ3n) is 10.5. The fourth-order valence-electron chi connectivity index (χ4n) is 7.83. The van der Waals surface area contributed by atoms with Gasteiger partial charge in [0.15, 0.2) is 0 Å². The minimum atomic E-state index is -0.644. The zero-order chi connectivity index (χ0) is 36.9. The highest BCUT2D eigenvalue weighted by atomic mass is 16.4. The Labute approximate surface area is 316 Å². The van der Waals surface area contributed by atoms with E-state index in [-0.39, 0.29) is 5.39 Å². The smallest absolute Gasteiger partial charge is 0.349 e. The van der Waals surface area contributed by atoms with Crippen molar-refractivity contribution in [2.24, 2.45) is 0 Å². The molecular formula is C50H32N2O3. The van der Waals surface area contributed by atoms with Gasteiger partial charge in [0.2, 0.25) is 0 Å². The Morgan fingerprint density at radius 3 is 1.45 bits per heavy atom. The van der Waals surface area contributed by atoms with Crippen LogP contribution in [0, 0.1) is 0 Å². The summed E-state index contributed by atoms with van der Waals surface area (Å²) in [6.45, 7) is 0. The minimum absolute atomic E-state index is 0.0319. The molecule has 0 saturated heterocycles. The van der Waals surface area contributed by atoms with Crippen LogP contribution < -0.4 is 16.1 Å². The SMILES string of the molecule is O=c1oc2ccccc2c2ccn(-c3ccc(N(c4ccc(-c5cccc6ccccc56)cc4)c4ccc(-c5cccc6ccccc56)cc4)cc3)c(=O)c12. The molecule has 2 heterocycles. The second-order valence-electron chi connectivity index (χ2n) is 13.7. The first kappa shape index (κ1) is 32.2. The summed E-state index contributed by atoms with van der Waals surface area (Å²) in [5.41, 5.74) is 7.56. The van der Waals surface area contributed by atoms with Crippen LogP contribution in [-0.2, 0) is 0 Å². The van der Waals surface area contributed by atoms with E-state index in [1.54, 1.807) is 12.3 Å². The lowest BCUT2D eigenvalue weighted by atomic mass is 9.97. The summed E-state index contributed by atoms with van der Waals surface area (Å²) in [7, 11) is 0.